The number of aromatic nitrogens is 1. The van der Waals surface area contributed by atoms with Crippen molar-refractivity contribution >= 4 is 22.8 Å². The van der Waals surface area contributed by atoms with Crippen molar-refractivity contribution in [3.63, 3.8) is 0 Å². The van der Waals surface area contributed by atoms with E-state index in [1.165, 1.54) is 6.42 Å². The first-order valence-electron chi connectivity index (χ1n) is 9.95. The van der Waals surface area contributed by atoms with E-state index in [0.29, 0.717) is 6.42 Å². The van der Waals surface area contributed by atoms with Crippen molar-refractivity contribution in [1.29, 1.82) is 5.26 Å². The van der Waals surface area contributed by atoms with Crippen molar-refractivity contribution in [3.8, 4) is 6.19 Å². The van der Waals surface area contributed by atoms with Gasteiger partial charge in [-0.1, -0.05) is 37.5 Å². The van der Waals surface area contributed by atoms with Gasteiger partial charge in [0.2, 0.25) is 0 Å². The second-order valence-electron chi connectivity index (χ2n) is 7.25. The molecule has 1 aliphatic carbocycles. The molecule has 0 saturated heterocycles. The molecule has 148 valence electrons. The fraction of sp³-hybridized carbons (Fsp3) is 0.476. The number of carbonyl (C=O) groups is 2. The topological polar surface area (TPSA) is 101 Å². The average Bonchev–Trinajstić information content (AvgIpc) is 3.12. The first kappa shape index (κ1) is 19.7. The number of rotatable bonds is 6. The monoisotopic (exact) mass is 381 g/mol. The Balaban J connectivity index is 1.75. The van der Waals surface area contributed by atoms with Crippen LogP contribution in [0.4, 0.5) is 4.79 Å². The molecule has 3 N–H and O–H groups in total. The quantitative estimate of drug-likeness (QED) is 0.529. The van der Waals surface area contributed by atoms with Crippen LogP contribution in [0.1, 0.15) is 44.6 Å². The van der Waals surface area contributed by atoms with Gasteiger partial charge in [-0.15, -0.1) is 0 Å². The zero-order valence-corrected chi connectivity index (χ0v) is 16.2. The molecule has 0 radical (unpaired) electrons. The van der Waals surface area contributed by atoms with Crippen LogP contribution >= 0.6 is 0 Å². The van der Waals surface area contributed by atoms with Crippen molar-refractivity contribution < 1.29 is 9.59 Å². The minimum atomic E-state index is -0.803. The number of fused-ring (bicyclic) bond motifs is 1. The van der Waals surface area contributed by atoms with Gasteiger partial charge in [-0.05, 0) is 31.4 Å². The maximum atomic E-state index is 12.8. The summed E-state index contributed by atoms with van der Waals surface area (Å²) >= 11 is 0. The van der Waals surface area contributed by atoms with Crippen molar-refractivity contribution in [2.24, 2.45) is 0 Å². The average molecular weight is 381 g/mol. The fourth-order valence-electron chi connectivity index (χ4n) is 3.82. The summed E-state index contributed by atoms with van der Waals surface area (Å²) in [5.41, 5.74) is 1.91. The largest absolute Gasteiger partial charge is 0.361 e. The Labute approximate surface area is 165 Å². The summed E-state index contributed by atoms with van der Waals surface area (Å²) in [4.78, 5) is 29.7. The highest BCUT2D eigenvalue weighted by molar-refractivity contribution is 5.90. The smallest absolute Gasteiger partial charge is 0.315 e. The molecule has 1 fully saturated rings. The predicted octanol–water partition coefficient (Wildman–Crippen LogP) is 3.04. The standard InChI is InChI=1S/C21H27N5O2/c1-2-26(14-22)20(27)19(25-21(28)24-16-8-4-3-5-9-16)12-15-13-23-18-11-7-6-10-17(15)18/h6-7,10-11,13,16,19,23H,2-5,8-9,12H2,1H3,(H2,24,25,28). The van der Waals surface area contributed by atoms with E-state index in [-0.39, 0.29) is 18.6 Å². The molecule has 1 saturated carbocycles. The summed E-state index contributed by atoms with van der Waals surface area (Å²) in [6.07, 6.45) is 9.44. The van der Waals surface area contributed by atoms with Crippen LogP contribution < -0.4 is 10.6 Å². The summed E-state index contributed by atoms with van der Waals surface area (Å²) in [6, 6.07) is 6.82. The van der Waals surface area contributed by atoms with Gasteiger partial charge in [-0.25, -0.2) is 9.69 Å². The van der Waals surface area contributed by atoms with E-state index in [2.05, 4.69) is 15.6 Å². The third kappa shape index (κ3) is 4.63. The van der Waals surface area contributed by atoms with E-state index in [1.54, 1.807) is 6.92 Å². The minimum absolute atomic E-state index is 0.149. The van der Waals surface area contributed by atoms with E-state index in [9.17, 15) is 14.9 Å². The highest BCUT2D eigenvalue weighted by atomic mass is 16.2. The molecule has 1 aromatic heterocycles. The maximum absolute atomic E-state index is 12.8. The number of para-hydroxylation sites is 1. The lowest BCUT2D eigenvalue weighted by molar-refractivity contribution is -0.129. The second-order valence-corrected chi connectivity index (χ2v) is 7.25. The zero-order chi connectivity index (χ0) is 19.9. The van der Waals surface area contributed by atoms with Gasteiger partial charge in [0.05, 0.1) is 0 Å². The molecule has 3 rings (SSSR count). The molecule has 7 heteroatoms. The summed E-state index contributed by atoms with van der Waals surface area (Å²) in [5.74, 6) is -0.394. The number of likely N-dealkylation sites (N-methyl/N-ethyl adjacent to an activating group) is 1. The molecule has 1 heterocycles. The number of H-pyrrole nitrogens is 1. The van der Waals surface area contributed by atoms with Gasteiger partial charge in [-0.2, -0.15) is 5.26 Å². The summed E-state index contributed by atoms with van der Waals surface area (Å²) in [5, 5.41) is 16.1. The normalized spacial score (nSPS) is 15.6. The van der Waals surface area contributed by atoms with Gasteiger partial charge >= 0.3 is 6.03 Å². The van der Waals surface area contributed by atoms with Gasteiger partial charge in [0.15, 0.2) is 6.19 Å². The molecular formula is C21H27N5O2. The lowest BCUT2D eigenvalue weighted by atomic mass is 9.96. The molecule has 28 heavy (non-hydrogen) atoms. The number of hydrogen-bond donors (Lipinski definition) is 3. The van der Waals surface area contributed by atoms with Crippen LogP contribution in [0.25, 0.3) is 10.9 Å². The molecule has 0 bridgehead atoms. The van der Waals surface area contributed by atoms with Crippen LogP contribution in [0.2, 0.25) is 0 Å². The summed E-state index contributed by atoms with van der Waals surface area (Å²) in [7, 11) is 0. The Hall–Kier alpha value is -3.01. The molecule has 1 aromatic carbocycles. The number of benzene rings is 1. The minimum Gasteiger partial charge on any atom is -0.361 e. The third-order valence-electron chi connectivity index (χ3n) is 5.35. The van der Waals surface area contributed by atoms with Crippen LogP contribution in [0.5, 0.6) is 0 Å². The van der Waals surface area contributed by atoms with E-state index in [4.69, 9.17) is 0 Å². The molecule has 0 spiro atoms. The van der Waals surface area contributed by atoms with E-state index in [1.807, 2.05) is 36.7 Å². The maximum Gasteiger partial charge on any atom is 0.315 e. The zero-order valence-electron chi connectivity index (χ0n) is 16.2. The number of nitrogens with one attached hydrogen (secondary N) is 3. The number of nitrogens with zero attached hydrogens (tertiary/aromatic N) is 2. The fourth-order valence-corrected chi connectivity index (χ4v) is 3.82. The number of nitriles is 1. The highest BCUT2D eigenvalue weighted by Gasteiger charge is 2.27. The summed E-state index contributed by atoms with van der Waals surface area (Å²) < 4.78 is 0. The van der Waals surface area contributed by atoms with Crippen LogP contribution in [-0.4, -0.2) is 40.5 Å². The summed E-state index contributed by atoms with van der Waals surface area (Å²) in [6.45, 7) is 2.01. The number of carbonyl (C=O) groups excluding carboxylic acids is 2. The van der Waals surface area contributed by atoms with Crippen molar-refractivity contribution in [2.45, 2.75) is 57.5 Å². The third-order valence-corrected chi connectivity index (χ3v) is 5.35. The number of aromatic amines is 1. The molecule has 1 unspecified atom stereocenters. The predicted molar refractivity (Wildman–Crippen MR) is 107 cm³/mol. The van der Waals surface area contributed by atoms with Crippen LogP contribution in [0, 0.1) is 11.5 Å². The van der Waals surface area contributed by atoms with E-state index >= 15 is 0 Å². The van der Waals surface area contributed by atoms with Crippen LogP contribution in [-0.2, 0) is 11.2 Å². The van der Waals surface area contributed by atoms with Gasteiger partial charge in [-0.3, -0.25) is 4.79 Å². The number of hydrogen-bond acceptors (Lipinski definition) is 3. The van der Waals surface area contributed by atoms with Crippen molar-refractivity contribution in [2.75, 3.05) is 6.54 Å². The highest BCUT2D eigenvalue weighted by Crippen LogP contribution is 2.20. The van der Waals surface area contributed by atoms with Gasteiger partial charge in [0.1, 0.15) is 6.04 Å². The number of urea groups is 1. The Morgan fingerprint density at radius 2 is 2.04 bits per heavy atom. The van der Waals surface area contributed by atoms with E-state index < -0.39 is 11.9 Å². The van der Waals surface area contributed by atoms with Crippen LogP contribution in [0.15, 0.2) is 30.5 Å². The lowest BCUT2D eigenvalue weighted by Gasteiger charge is -2.26. The molecule has 1 aliphatic rings. The van der Waals surface area contributed by atoms with Crippen molar-refractivity contribution in [3.05, 3.63) is 36.0 Å². The Bertz CT molecular complexity index is 863. The van der Waals surface area contributed by atoms with Gasteiger partial charge in [0, 0.05) is 36.1 Å². The SMILES string of the molecule is CCN(C#N)C(=O)C(Cc1c[nH]c2ccccc12)NC(=O)NC1CCCCC1. The molecular weight excluding hydrogens is 354 g/mol. The van der Waals surface area contributed by atoms with E-state index in [0.717, 1.165) is 47.0 Å². The molecule has 7 nitrogen and oxygen atoms in total. The molecule has 0 aliphatic heterocycles. The van der Waals surface area contributed by atoms with Gasteiger partial charge in [0.25, 0.3) is 5.91 Å². The van der Waals surface area contributed by atoms with Crippen molar-refractivity contribution in [1.82, 2.24) is 20.5 Å². The second kappa shape index (κ2) is 9.27. The first-order valence-corrected chi connectivity index (χ1v) is 9.95. The Morgan fingerprint density at radius 1 is 1.29 bits per heavy atom. The molecule has 3 amide bonds. The lowest BCUT2D eigenvalue weighted by Crippen LogP contribution is -2.53. The number of amides is 3. The Morgan fingerprint density at radius 3 is 2.75 bits per heavy atom. The van der Waals surface area contributed by atoms with Crippen LogP contribution in [0.3, 0.4) is 0 Å². The molecule has 1 atom stereocenters. The Kier molecular flexibility index (Phi) is 6.53. The van der Waals surface area contributed by atoms with Gasteiger partial charge < -0.3 is 15.6 Å². The first-order chi connectivity index (χ1) is 13.6. The molecule has 2 aromatic rings.